The average Bonchev–Trinajstić information content (AvgIpc) is 2.38. The normalized spacial score (nSPS) is 18.6. The topological polar surface area (TPSA) is 3.24 Å². The summed E-state index contributed by atoms with van der Waals surface area (Å²) in [6.07, 6.45) is 5.35. The highest BCUT2D eigenvalue weighted by atomic mass is 35.5. The molecule has 98 valence electrons. The maximum Gasteiger partial charge on any atom is 0.123 e. The molecule has 1 aliphatic heterocycles. The van der Waals surface area contributed by atoms with E-state index >= 15 is 0 Å². The van der Waals surface area contributed by atoms with Crippen LogP contribution in [-0.2, 0) is 6.42 Å². The highest BCUT2D eigenvalue weighted by Gasteiger charge is 2.18. The van der Waals surface area contributed by atoms with E-state index in [9.17, 15) is 4.39 Å². The quantitative estimate of drug-likeness (QED) is 0.801. The number of benzene rings is 1. The van der Waals surface area contributed by atoms with Gasteiger partial charge in [0, 0.05) is 12.1 Å². The number of likely N-dealkylation sites (tertiary alicyclic amines) is 1. The second kappa shape index (κ2) is 6.91. The molecule has 0 aromatic heterocycles. The molecule has 3 heteroatoms. The summed E-state index contributed by atoms with van der Waals surface area (Å²) in [7, 11) is 0. The Labute approximate surface area is 113 Å². The predicted octanol–water partition coefficient (Wildman–Crippen LogP) is 3.83. The zero-order valence-electron chi connectivity index (χ0n) is 10.5. The van der Waals surface area contributed by atoms with E-state index in [0.29, 0.717) is 5.92 Å². The first kappa shape index (κ1) is 13.6. The number of nitrogens with zero attached hydrogens (tertiary/aromatic N) is 1. The molecule has 18 heavy (non-hydrogen) atoms. The molecule has 1 aliphatic rings. The first-order chi connectivity index (χ1) is 8.78. The van der Waals surface area contributed by atoms with Gasteiger partial charge in [-0.25, -0.2) is 4.39 Å². The Morgan fingerprint density at radius 3 is 2.78 bits per heavy atom. The van der Waals surface area contributed by atoms with Crippen molar-refractivity contribution in [2.24, 2.45) is 5.92 Å². The highest BCUT2D eigenvalue weighted by molar-refractivity contribution is 6.25. The summed E-state index contributed by atoms with van der Waals surface area (Å²) in [5, 5.41) is 0. The summed E-state index contributed by atoms with van der Waals surface area (Å²) < 4.78 is 13.1. The molecule has 0 saturated carbocycles. The lowest BCUT2D eigenvalue weighted by Crippen LogP contribution is -2.34. The third-order valence-corrected chi connectivity index (χ3v) is 3.75. The zero-order chi connectivity index (χ0) is 12.8. The van der Waals surface area contributed by atoms with Crippen molar-refractivity contribution in [3.8, 4) is 0 Å². The van der Waals surface area contributed by atoms with E-state index in [1.54, 1.807) is 17.7 Å². The minimum Gasteiger partial charge on any atom is -0.300 e. The fraction of sp³-hybridized carbons (Fsp3) is 0.467. The molecule has 1 fully saturated rings. The van der Waals surface area contributed by atoms with Crippen LogP contribution in [0.25, 0.3) is 0 Å². The van der Waals surface area contributed by atoms with Gasteiger partial charge in [-0.05, 0) is 56.0 Å². The smallest absolute Gasteiger partial charge is 0.123 e. The Hall–Kier alpha value is -0.860. The van der Waals surface area contributed by atoms with Gasteiger partial charge in [-0.3, -0.25) is 4.90 Å². The summed E-state index contributed by atoms with van der Waals surface area (Å²) in [6.45, 7) is 3.17. The lowest BCUT2D eigenvalue weighted by Gasteiger charge is -2.31. The maximum atomic E-state index is 13.1. The van der Waals surface area contributed by atoms with Crippen LogP contribution in [0.15, 0.2) is 35.9 Å². The molecular formula is C15H19ClFN. The third-order valence-electron chi connectivity index (χ3n) is 3.57. The van der Waals surface area contributed by atoms with Crippen LogP contribution in [0.1, 0.15) is 18.4 Å². The van der Waals surface area contributed by atoms with Gasteiger partial charge in [0.1, 0.15) is 5.82 Å². The minimum absolute atomic E-state index is 0.128. The molecule has 1 nitrogen and oxygen atoms in total. The molecule has 0 atom stereocenters. The van der Waals surface area contributed by atoms with Crippen molar-refractivity contribution in [3.05, 3.63) is 47.3 Å². The zero-order valence-corrected chi connectivity index (χ0v) is 11.2. The Morgan fingerprint density at radius 1 is 1.33 bits per heavy atom. The van der Waals surface area contributed by atoms with Gasteiger partial charge in [0.25, 0.3) is 0 Å². The standard InChI is InChI=1S/C15H19ClFN/c16-7-2-8-18-9-5-13(6-10-18)11-14-3-1-4-15(17)12-14/h1-4,7,12-13H,5-6,8-11H2/b7-2+. The van der Waals surface area contributed by atoms with Crippen molar-refractivity contribution < 1.29 is 4.39 Å². The summed E-state index contributed by atoms with van der Waals surface area (Å²) in [6, 6.07) is 6.98. The number of halogens is 2. The van der Waals surface area contributed by atoms with Crippen LogP contribution in [-0.4, -0.2) is 24.5 Å². The molecule has 0 unspecified atom stereocenters. The van der Waals surface area contributed by atoms with E-state index in [2.05, 4.69) is 4.90 Å². The summed E-state index contributed by atoms with van der Waals surface area (Å²) in [5.74, 6) is 0.556. The lowest BCUT2D eigenvalue weighted by atomic mass is 9.90. The van der Waals surface area contributed by atoms with Gasteiger partial charge in [-0.2, -0.15) is 0 Å². The van der Waals surface area contributed by atoms with Crippen LogP contribution in [0.5, 0.6) is 0 Å². The first-order valence-electron chi connectivity index (χ1n) is 6.50. The number of hydrogen-bond donors (Lipinski definition) is 0. The SMILES string of the molecule is Fc1cccc(CC2CCN(C/C=C/Cl)CC2)c1. The van der Waals surface area contributed by atoms with Crippen molar-refractivity contribution in [2.45, 2.75) is 19.3 Å². The van der Waals surface area contributed by atoms with Crippen LogP contribution in [0.4, 0.5) is 4.39 Å². The highest BCUT2D eigenvalue weighted by Crippen LogP contribution is 2.21. The summed E-state index contributed by atoms with van der Waals surface area (Å²) >= 11 is 5.53. The number of rotatable bonds is 4. The molecule has 1 heterocycles. The van der Waals surface area contributed by atoms with Gasteiger partial charge in [0.05, 0.1) is 0 Å². The van der Waals surface area contributed by atoms with Gasteiger partial charge >= 0.3 is 0 Å². The second-order valence-corrected chi connectivity index (χ2v) is 5.19. The van der Waals surface area contributed by atoms with Crippen LogP contribution in [0.2, 0.25) is 0 Å². The third kappa shape index (κ3) is 4.11. The lowest BCUT2D eigenvalue weighted by molar-refractivity contribution is 0.200. The van der Waals surface area contributed by atoms with Crippen molar-refractivity contribution in [1.82, 2.24) is 4.90 Å². The number of piperidine rings is 1. The monoisotopic (exact) mass is 267 g/mol. The molecule has 0 N–H and O–H groups in total. The fourth-order valence-corrected chi connectivity index (χ4v) is 2.64. The van der Waals surface area contributed by atoms with E-state index in [1.165, 1.54) is 18.9 Å². The Bertz CT molecular complexity index is 397. The van der Waals surface area contributed by atoms with E-state index in [0.717, 1.165) is 31.6 Å². The molecule has 2 rings (SSSR count). The molecule has 0 spiro atoms. The van der Waals surface area contributed by atoms with Crippen molar-refractivity contribution in [1.29, 1.82) is 0 Å². The fourth-order valence-electron chi connectivity index (χ4n) is 2.56. The molecule has 1 saturated heterocycles. The van der Waals surface area contributed by atoms with Crippen LogP contribution < -0.4 is 0 Å². The van der Waals surface area contributed by atoms with Crippen LogP contribution in [0, 0.1) is 11.7 Å². The molecule has 1 aromatic rings. The van der Waals surface area contributed by atoms with E-state index < -0.39 is 0 Å². The molecule has 0 radical (unpaired) electrons. The average molecular weight is 268 g/mol. The largest absolute Gasteiger partial charge is 0.300 e. The van der Waals surface area contributed by atoms with Gasteiger partial charge in [0.2, 0.25) is 0 Å². The van der Waals surface area contributed by atoms with E-state index in [1.807, 2.05) is 12.1 Å². The predicted molar refractivity (Wildman–Crippen MR) is 74.3 cm³/mol. The van der Waals surface area contributed by atoms with Crippen LogP contribution in [0.3, 0.4) is 0 Å². The van der Waals surface area contributed by atoms with Crippen molar-refractivity contribution in [2.75, 3.05) is 19.6 Å². The second-order valence-electron chi connectivity index (χ2n) is 4.94. The van der Waals surface area contributed by atoms with Crippen molar-refractivity contribution in [3.63, 3.8) is 0 Å². The van der Waals surface area contributed by atoms with Gasteiger partial charge < -0.3 is 0 Å². The molecule has 1 aromatic carbocycles. The summed E-state index contributed by atoms with van der Waals surface area (Å²) in [4.78, 5) is 2.40. The maximum absolute atomic E-state index is 13.1. The van der Waals surface area contributed by atoms with Crippen molar-refractivity contribution >= 4 is 11.6 Å². The van der Waals surface area contributed by atoms with Gasteiger partial charge in [-0.15, -0.1) is 0 Å². The molecular weight excluding hydrogens is 249 g/mol. The first-order valence-corrected chi connectivity index (χ1v) is 6.93. The van der Waals surface area contributed by atoms with Gasteiger partial charge in [0.15, 0.2) is 0 Å². The Kier molecular flexibility index (Phi) is 5.21. The minimum atomic E-state index is -0.128. The van der Waals surface area contributed by atoms with Crippen LogP contribution >= 0.6 is 11.6 Å². The van der Waals surface area contributed by atoms with Gasteiger partial charge in [-0.1, -0.05) is 29.8 Å². The van der Waals surface area contributed by atoms with E-state index in [4.69, 9.17) is 11.6 Å². The summed E-state index contributed by atoms with van der Waals surface area (Å²) in [5.41, 5.74) is 2.70. The Balaban J connectivity index is 1.80. The molecule has 0 amide bonds. The molecule has 0 bridgehead atoms. The van der Waals surface area contributed by atoms with E-state index in [-0.39, 0.29) is 5.82 Å². The number of hydrogen-bond acceptors (Lipinski definition) is 1. The Morgan fingerprint density at radius 2 is 2.11 bits per heavy atom. The molecule has 0 aliphatic carbocycles.